The Hall–Kier alpha value is -2.41. The third-order valence-corrected chi connectivity index (χ3v) is 15.0. The van der Waals surface area contributed by atoms with Gasteiger partial charge in [0.15, 0.2) is 6.29 Å². The minimum absolute atomic E-state index is 0.0559. The van der Waals surface area contributed by atoms with E-state index in [2.05, 4.69) is 66.4 Å². The van der Waals surface area contributed by atoms with E-state index in [-0.39, 0.29) is 41.9 Å². The zero-order chi connectivity index (χ0) is 38.7. The van der Waals surface area contributed by atoms with Crippen molar-refractivity contribution in [3.05, 3.63) is 58.1 Å². The third kappa shape index (κ3) is 9.24. The molecule has 12 heteroatoms. The monoisotopic (exact) mass is 786 g/mol. The maximum absolute atomic E-state index is 13.6. The molecule has 4 heterocycles. The topological polar surface area (TPSA) is 101 Å². The molecule has 10 nitrogen and oxygen atoms in total. The molecule has 2 bridgehead atoms. The SMILES string of the molecule is CCCc1cc(Cl)ccc1C1COc2ccc3cc2N(C1)CC(C)C(CC)C(C1OCC(N2CC(N(C)C)C2)CO1)CCCC(C)C(C)S(=O)(=O)NC3=O. The van der Waals surface area contributed by atoms with Gasteiger partial charge in [-0.2, -0.15) is 0 Å². The number of nitrogens with one attached hydrogen (secondary N) is 1. The molecule has 0 aliphatic carbocycles. The zero-order valence-corrected chi connectivity index (χ0v) is 35.0. The van der Waals surface area contributed by atoms with Crippen LogP contribution >= 0.6 is 11.6 Å². The number of benzene rings is 2. The van der Waals surface area contributed by atoms with Gasteiger partial charge < -0.3 is 24.0 Å². The number of rotatable bonds is 7. The number of anilines is 1. The summed E-state index contributed by atoms with van der Waals surface area (Å²) >= 11 is 6.49. The number of hydrogen-bond acceptors (Lipinski definition) is 9. The molecule has 54 heavy (non-hydrogen) atoms. The van der Waals surface area contributed by atoms with Gasteiger partial charge in [0.1, 0.15) is 5.75 Å². The highest BCUT2D eigenvalue weighted by molar-refractivity contribution is 7.90. The molecule has 0 saturated carbocycles. The Morgan fingerprint density at radius 1 is 0.926 bits per heavy atom. The van der Waals surface area contributed by atoms with Gasteiger partial charge in [0.25, 0.3) is 5.91 Å². The van der Waals surface area contributed by atoms with E-state index in [9.17, 15) is 13.2 Å². The van der Waals surface area contributed by atoms with E-state index in [0.717, 1.165) is 68.9 Å². The predicted octanol–water partition coefficient (Wildman–Crippen LogP) is 6.81. The summed E-state index contributed by atoms with van der Waals surface area (Å²) in [6.45, 7) is 15.7. The molecule has 1 amide bonds. The number of amides is 1. The normalized spacial score (nSPS) is 31.6. The molecular weight excluding hydrogens is 724 g/mol. The number of fused-ring (bicyclic) bond motifs is 1. The average Bonchev–Trinajstić information content (AvgIpc) is 3.29. The first-order chi connectivity index (χ1) is 25.8. The van der Waals surface area contributed by atoms with Crippen LogP contribution in [0.15, 0.2) is 36.4 Å². The summed E-state index contributed by atoms with van der Waals surface area (Å²) in [4.78, 5) is 20.7. The molecule has 0 spiro atoms. The molecular formula is C42H63ClN4O6S. The van der Waals surface area contributed by atoms with E-state index in [4.69, 9.17) is 25.8 Å². The van der Waals surface area contributed by atoms with Crippen molar-refractivity contribution in [2.75, 3.05) is 65.0 Å². The van der Waals surface area contributed by atoms with Crippen molar-refractivity contribution in [3.8, 4) is 5.75 Å². The van der Waals surface area contributed by atoms with Crippen molar-refractivity contribution in [2.24, 2.45) is 23.7 Å². The number of carbonyl (C=O) groups is 1. The molecule has 2 aromatic carbocycles. The van der Waals surface area contributed by atoms with E-state index in [1.54, 1.807) is 13.0 Å². The molecule has 4 aliphatic rings. The van der Waals surface area contributed by atoms with Crippen LogP contribution in [-0.2, 0) is 25.9 Å². The summed E-state index contributed by atoms with van der Waals surface area (Å²) < 4.78 is 49.4. The van der Waals surface area contributed by atoms with Crippen molar-refractivity contribution >= 4 is 33.2 Å². The van der Waals surface area contributed by atoms with Gasteiger partial charge in [-0.25, -0.2) is 13.1 Å². The molecule has 2 fully saturated rings. The van der Waals surface area contributed by atoms with Crippen LogP contribution in [0.3, 0.4) is 0 Å². The number of likely N-dealkylation sites (N-methyl/N-ethyl adjacent to an activating group) is 1. The molecule has 2 saturated heterocycles. The fraction of sp³-hybridized carbons (Fsp3) is 0.690. The van der Waals surface area contributed by atoms with Gasteiger partial charge in [-0.3, -0.25) is 9.69 Å². The fourth-order valence-electron chi connectivity index (χ4n) is 9.19. The Morgan fingerprint density at radius 3 is 2.35 bits per heavy atom. The minimum Gasteiger partial charge on any atom is -0.491 e. The minimum atomic E-state index is -3.93. The fourth-order valence-corrected chi connectivity index (χ4v) is 10.7. The highest BCUT2D eigenvalue weighted by atomic mass is 35.5. The first-order valence-electron chi connectivity index (χ1n) is 20.3. The van der Waals surface area contributed by atoms with Crippen LogP contribution in [0.2, 0.25) is 5.02 Å². The van der Waals surface area contributed by atoms with E-state index in [0.29, 0.717) is 43.7 Å². The first kappa shape index (κ1) is 41.2. The van der Waals surface area contributed by atoms with Crippen LogP contribution in [0.25, 0.3) is 0 Å². The molecule has 300 valence electrons. The van der Waals surface area contributed by atoms with Crippen LogP contribution in [0, 0.1) is 23.7 Å². The lowest BCUT2D eigenvalue weighted by atomic mass is 9.76. The van der Waals surface area contributed by atoms with Crippen LogP contribution < -0.4 is 14.4 Å². The lowest BCUT2D eigenvalue weighted by Gasteiger charge is -2.49. The van der Waals surface area contributed by atoms with E-state index in [1.165, 1.54) is 11.1 Å². The quantitative estimate of drug-likeness (QED) is 0.325. The highest BCUT2D eigenvalue weighted by Gasteiger charge is 2.41. The lowest BCUT2D eigenvalue weighted by molar-refractivity contribution is -0.244. The predicted molar refractivity (Wildman–Crippen MR) is 216 cm³/mol. The van der Waals surface area contributed by atoms with E-state index < -0.39 is 21.2 Å². The van der Waals surface area contributed by atoms with Gasteiger partial charge in [0.2, 0.25) is 10.0 Å². The molecule has 0 aromatic heterocycles. The van der Waals surface area contributed by atoms with Crippen molar-refractivity contribution in [1.82, 2.24) is 14.5 Å². The molecule has 6 unspecified atom stereocenters. The second-order valence-electron chi connectivity index (χ2n) is 16.8. The maximum atomic E-state index is 13.6. The summed E-state index contributed by atoms with van der Waals surface area (Å²) in [6.07, 6.45) is 4.98. The van der Waals surface area contributed by atoms with Crippen LogP contribution in [0.1, 0.15) is 94.1 Å². The number of carbonyl (C=O) groups excluding carboxylic acids is 1. The third-order valence-electron chi connectivity index (χ3n) is 12.9. The van der Waals surface area contributed by atoms with Gasteiger partial charge in [0, 0.05) is 54.6 Å². The van der Waals surface area contributed by atoms with Gasteiger partial charge >= 0.3 is 0 Å². The van der Waals surface area contributed by atoms with Crippen LogP contribution in [0.4, 0.5) is 5.69 Å². The number of halogens is 1. The second kappa shape index (κ2) is 17.8. The Morgan fingerprint density at radius 2 is 1.67 bits per heavy atom. The van der Waals surface area contributed by atoms with Crippen LogP contribution in [-0.4, -0.2) is 108 Å². The Labute approximate surface area is 329 Å². The molecule has 6 rings (SSSR count). The van der Waals surface area contributed by atoms with Crippen molar-refractivity contribution < 1.29 is 27.4 Å². The number of hydrogen-bond donors (Lipinski definition) is 1. The maximum Gasteiger partial charge on any atom is 0.264 e. The van der Waals surface area contributed by atoms with E-state index >= 15 is 0 Å². The number of aryl methyl sites for hydroxylation is 1. The standard InChI is InChI=1S/C42H63ClN4O6S/c1-8-11-30-18-33(43)15-16-37(30)32-21-47-20-28(4)36(9-2)38(42-52-25-35(26-53-42)46-22-34(23-46)45(6)7)13-10-12-27(3)29(5)54(49,50)44-41(48)31-14-17-40(51-24-32)39(47)19-31/h14-19,27-29,32,34-36,38,42H,8-13,20-26H2,1-7H3,(H,44,48). The van der Waals surface area contributed by atoms with Gasteiger partial charge in [-0.1, -0.05) is 64.6 Å². The number of likely N-dealkylation sites (tertiary alicyclic amines) is 1. The Kier molecular flexibility index (Phi) is 13.6. The molecule has 2 aromatic rings. The van der Waals surface area contributed by atoms with Crippen molar-refractivity contribution in [3.63, 3.8) is 0 Å². The first-order valence-corrected chi connectivity index (χ1v) is 22.2. The smallest absolute Gasteiger partial charge is 0.264 e. The summed E-state index contributed by atoms with van der Waals surface area (Å²) in [7, 11) is 0.349. The lowest BCUT2D eigenvalue weighted by Crippen LogP contribution is -2.63. The summed E-state index contributed by atoms with van der Waals surface area (Å²) in [5.74, 6) is 0.648. The Balaban J connectivity index is 1.33. The largest absolute Gasteiger partial charge is 0.491 e. The van der Waals surface area contributed by atoms with Gasteiger partial charge in [0.05, 0.1) is 36.8 Å². The summed E-state index contributed by atoms with van der Waals surface area (Å²) in [6, 6.07) is 12.3. The molecule has 6 atom stereocenters. The summed E-state index contributed by atoms with van der Waals surface area (Å²) in [5, 5.41) is -0.0109. The van der Waals surface area contributed by atoms with Gasteiger partial charge in [-0.05, 0) is 99.5 Å². The average molecular weight is 788 g/mol. The van der Waals surface area contributed by atoms with Crippen LogP contribution in [0.5, 0.6) is 5.75 Å². The van der Waals surface area contributed by atoms with E-state index in [1.807, 2.05) is 25.1 Å². The molecule has 1 N–H and O–H groups in total. The number of sulfonamides is 1. The zero-order valence-electron chi connectivity index (χ0n) is 33.4. The van der Waals surface area contributed by atoms with Crippen molar-refractivity contribution in [2.45, 2.75) is 103 Å². The van der Waals surface area contributed by atoms with Gasteiger partial charge in [-0.15, -0.1) is 0 Å². The van der Waals surface area contributed by atoms with Crippen molar-refractivity contribution in [1.29, 1.82) is 0 Å². The number of nitrogens with zero attached hydrogens (tertiary/aromatic N) is 3. The molecule has 4 aliphatic heterocycles. The Bertz CT molecular complexity index is 1700. The summed E-state index contributed by atoms with van der Waals surface area (Å²) in [5.41, 5.74) is 3.56. The molecule has 0 radical (unpaired) electrons. The number of ether oxygens (including phenoxy) is 3. The second-order valence-corrected chi connectivity index (χ2v) is 19.2. The highest BCUT2D eigenvalue weighted by Crippen LogP contribution is 2.41.